The molecule has 8 heteroatoms. The first kappa shape index (κ1) is 14.1. The summed E-state index contributed by atoms with van der Waals surface area (Å²) in [5.74, 6) is 0.303. The summed E-state index contributed by atoms with van der Waals surface area (Å²) >= 11 is 4.40. The summed E-state index contributed by atoms with van der Waals surface area (Å²) in [5, 5.41) is 17.4. The van der Waals surface area contributed by atoms with E-state index in [4.69, 9.17) is 9.52 Å². The zero-order valence-electron chi connectivity index (χ0n) is 10.2. The molecule has 2 rings (SSSR count). The molecule has 2 heterocycles. The Kier molecular flexibility index (Phi) is 4.65. The fraction of sp³-hybridized carbons (Fsp3) is 0.364. The van der Waals surface area contributed by atoms with Crippen LogP contribution in [-0.2, 0) is 11.3 Å². The minimum atomic E-state index is -0.877. The molecule has 19 heavy (non-hydrogen) atoms. The van der Waals surface area contributed by atoms with E-state index in [1.807, 2.05) is 11.5 Å². The molecule has 6 nitrogen and oxygen atoms in total. The highest BCUT2D eigenvalue weighted by atomic mass is 79.9. The normalized spacial score (nSPS) is 10.8. The van der Waals surface area contributed by atoms with Crippen LogP contribution in [0.15, 0.2) is 26.4 Å². The van der Waals surface area contributed by atoms with E-state index in [-0.39, 0.29) is 5.75 Å². The number of thioether (sulfide) groups is 1. The van der Waals surface area contributed by atoms with Crippen LogP contribution in [0, 0.1) is 0 Å². The second-order valence-corrected chi connectivity index (χ2v) is 5.47. The number of aromatic nitrogens is 3. The lowest BCUT2D eigenvalue weighted by Gasteiger charge is -2.06. The van der Waals surface area contributed by atoms with Crippen LogP contribution in [0.3, 0.4) is 0 Å². The van der Waals surface area contributed by atoms with E-state index < -0.39 is 5.97 Å². The Labute approximate surface area is 122 Å². The van der Waals surface area contributed by atoms with E-state index in [0.29, 0.717) is 28.0 Å². The van der Waals surface area contributed by atoms with Gasteiger partial charge < -0.3 is 9.52 Å². The Hall–Kier alpha value is -1.28. The predicted octanol–water partition coefficient (Wildman–Crippen LogP) is 2.89. The van der Waals surface area contributed by atoms with Crippen molar-refractivity contribution in [3.63, 3.8) is 0 Å². The van der Waals surface area contributed by atoms with E-state index in [2.05, 4.69) is 26.1 Å². The third-order valence-corrected chi connectivity index (χ3v) is 3.66. The molecule has 2 aromatic heterocycles. The number of furan rings is 1. The van der Waals surface area contributed by atoms with Gasteiger partial charge in [-0.05, 0) is 34.5 Å². The molecule has 0 unspecified atom stereocenters. The van der Waals surface area contributed by atoms with E-state index in [1.54, 1.807) is 12.1 Å². The SMILES string of the molecule is CCCn1c(SCC(=O)O)nnc1-c1ccc(Br)o1. The molecule has 0 amide bonds. The first-order chi connectivity index (χ1) is 9.11. The standard InChI is InChI=1S/C11H12BrN3O3S/c1-2-5-15-10(7-3-4-8(12)18-7)13-14-11(15)19-6-9(16)17/h3-4H,2,5-6H2,1H3,(H,16,17). The van der Waals surface area contributed by atoms with Crippen molar-refractivity contribution in [2.75, 3.05) is 5.75 Å². The van der Waals surface area contributed by atoms with Crippen molar-refractivity contribution in [3.8, 4) is 11.6 Å². The van der Waals surface area contributed by atoms with Crippen molar-refractivity contribution in [1.29, 1.82) is 0 Å². The number of carboxylic acid groups (broad SMARTS) is 1. The van der Waals surface area contributed by atoms with Gasteiger partial charge in [0.2, 0.25) is 5.82 Å². The van der Waals surface area contributed by atoms with Crippen LogP contribution in [0.2, 0.25) is 0 Å². The highest BCUT2D eigenvalue weighted by Crippen LogP contribution is 2.27. The van der Waals surface area contributed by atoms with Gasteiger partial charge in [0.15, 0.2) is 15.6 Å². The average molecular weight is 346 g/mol. The molecule has 0 aliphatic heterocycles. The molecular weight excluding hydrogens is 334 g/mol. The van der Waals surface area contributed by atoms with Crippen LogP contribution in [0.4, 0.5) is 0 Å². The minimum Gasteiger partial charge on any atom is -0.481 e. The van der Waals surface area contributed by atoms with Crippen molar-refractivity contribution >= 4 is 33.7 Å². The van der Waals surface area contributed by atoms with Crippen molar-refractivity contribution < 1.29 is 14.3 Å². The van der Waals surface area contributed by atoms with Crippen molar-refractivity contribution in [2.45, 2.75) is 25.0 Å². The number of carbonyl (C=O) groups is 1. The lowest BCUT2D eigenvalue weighted by Crippen LogP contribution is -2.04. The zero-order chi connectivity index (χ0) is 13.8. The highest BCUT2D eigenvalue weighted by molar-refractivity contribution is 9.10. The largest absolute Gasteiger partial charge is 0.481 e. The van der Waals surface area contributed by atoms with Gasteiger partial charge in [0, 0.05) is 6.54 Å². The average Bonchev–Trinajstić information content (AvgIpc) is 2.94. The first-order valence-corrected chi connectivity index (χ1v) is 7.43. The Morgan fingerprint density at radius 2 is 2.32 bits per heavy atom. The molecule has 0 bridgehead atoms. The second-order valence-electron chi connectivity index (χ2n) is 3.74. The Bertz CT molecular complexity index is 582. The summed E-state index contributed by atoms with van der Waals surface area (Å²) in [5.41, 5.74) is 0. The van der Waals surface area contributed by atoms with Crippen LogP contribution < -0.4 is 0 Å². The van der Waals surface area contributed by atoms with Crippen LogP contribution in [-0.4, -0.2) is 31.6 Å². The maximum Gasteiger partial charge on any atom is 0.313 e. The maximum absolute atomic E-state index is 10.6. The molecule has 0 aliphatic rings. The minimum absolute atomic E-state index is 0.0380. The molecule has 0 aliphatic carbocycles. The molecule has 102 valence electrons. The van der Waals surface area contributed by atoms with Gasteiger partial charge in [-0.25, -0.2) is 0 Å². The van der Waals surface area contributed by atoms with Gasteiger partial charge in [-0.15, -0.1) is 10.2 Å². The number of carboxylic acids is 1. The van der Waals surface area contributed by atoms with Gasteiger partial charge >= 0.3 is 5.97 Å². The van der Waals surface area contributed by atoms with Gasteiger partial charge in [-0.2, -0.15) is 0 Å². The monoisotopic (exact) mass is 345 g/mol. The maximum atomic E-state index is 10.6. The van der Waals surface area contributed by atoms with Crippen LogP contribution in [0.25, 0.3) is 11.6 Å². The molecule has 0 spiro atoms. The fourth-order valence-electron chi connectivity index (χ4n) is 1.56. The third-order valence-electron chi connectivity index (χ3n) is 2.28. The molecule has 2 aromatic rings. The summed E-state index contributed by atoms with van der Waals surface area (Å²) in [6.07, 6.45) is 0.896. The molecule has 0 saturated carbocycles. The number of aliphatic carboxylic acids is 1. The second kappa shape index (κ2) is 6.25. The fourth-order valence-corrected chi connectivity index (χ4v) is 2.55. The molecule has 0 atom stereocenters. The molecule has 1 N–H and O–H groups in total. The number of halogens is 1. The van der Waals surface area contributed by atoms with E-state index in [1.165, 1.54) is 0 Å². The first-order valence-electron chi connectivity index (χ1n) is 5.65. The summed E-state index contributed by atoms with van der Waals surface area (Å²) in [4.78, 5) is 10.6. The smallest absolute Gasteiger partial charge is 0.313 e. The lowest BCUT2D eigenvalue weighted by molar-refractivity contribution is -0.133. The van der Waals surface area contributed by atoms with Crippen LogP contribution >= 0.6 is 27.7 Å². The Balaban J connectivity index is 2.31. The predicted molar refractivity (Wildman–Crippen MR) is 74.1 cm³/mol. The highest BCUT2D eigenvalue weighted by Gasteiger charge is 2.17. The van der Waals surface area contributed by atoms with E-state index in [0.717, 1.165) is 18.2 Å². The van der Waals surface area contributed by atoms with Crippen molar-refractivity contribution in [1.82, 2.24) is 14.8 Å². The summed E-state index contributed by atoms with van der Waals surface area (Å²) < 4.78 is 7.96. The number of nitrogens with zero attached hydrogens (tertiary/aromatic N) is 3. The van der Waals surface area contributed by atoms with Gasteiger partial charge in [0.05, 0.1) is 5.75 Å². The third kappa shape index (κ3) is 3.38. The van der Waals surface area contributed by atoms with Crippen LogP contribution in [0.5, 0.6) is 0 Å². The molecular formula is C11H12BrN3O3S. The summed E-state index contributed by atoms with van der Waals surface area (Å²) in [7, 11) is 0. The van der Waals surface area contributed by atoms with E-state index in [9.17, 15) is 4.79 Å². The van der Waals surface area contributed by atoms with Gasteiger partial charge in [-0.3, -0.25) is 9.36 Å². The number of rotatable bonds is 6. The van der Waals surface area contributed by atoms with Gasteiger partial charge in [0.25, 0.3) is 0 Å². The molecule has 0 aromatic carbocycles. The van der Waals surface area contributed by atoms with Gasteiger partial charge in [0.1, 0.15) is 0 Å². The van der Waals surface area contributed by atoms with E-state index >= 15 is 0 Å². The number of hydrogen-bond donors (Lipinski definition) is 1. The Morgan fingerprint density at radius 3 is 2.89 bits per heavy atom. The molecule has 0 radical (unpaired) electrons. The molecule has 0 saturated heterocycles. The lowest BCUT2D eigenvalue weighted by atomic mass is 10.4. The van der Waals surface area contributed by atoms with Crippen LogP contribution in [0.1, 0.15) is 13.3 Å². The Morgan fingerprint density at radius 1 is 1.53 bits per heavy atom. The summed E-state index contributed by atoms with van der Waals surface area (Å²) in [6.45, 7) is 2.75. The van der Waals surface area contributed by atoms with Crippen molar-refractivity contribution in [2.24, 2.45) is 0 Å². The van der Waals surface area contributed by atoms with Crippen molar-refractivity contribution in [3.05, 3.63) is 16.8 Å². The number of hydrogen-bond acceptors (Lipinski definition) is 5. The summed E-state index contributed by atoms with van der Waals surface area (Å²) in [6, 6.07) is 3.58. The molecule has 0 fully saturated rings. The zero-order valence-corrected chi connectivity index (χ0v) is 12.6. The quantitative estimate of drug-likeness (QED) is 0.810. The van der Waals surface area contributed by atoms with Gasteiger partial charge in [-0.1, -0.05) is 18.7 Å². The topological polar surface area (TPSA) is 81.2 Å².